The summed E-state index contributed by atoms with van der Waals surface area (Å²) in [6, 6.07) is 24.6. The van der Waals surface area contributed by atoms with E-state index in [1.165, 1.54) is 71.6 Å². The minimum absolute atomic E-state index is 0. The minimum Gasteiger partial charge on any atom is -0.512 e. The van der Waals surface area contributed by atoms with Crippen LogP contribution in [-0.4, -0.2) is 20.3 Å². The van der Waals surface area contributed by atoms with E-state index in [1.54, 1.807) is 0 Å². The summed E-state index contributed by atoms with van der Waals surface area (Å²) in [6.07, 6.45) is 8.89. The SMILES string of the molecule is CCC(CC)C(=O)/C=C(\O)C(C)(CC)CC.Cc1c2ccc(CC(C)(C)C)cc2[c-]c2c3nccc4ccc5c6cc(CC(C)(C)C)ccc6n(c12)c5c43.[Ir]. The number of hydrogen-bond acceptors (Lipinski definition) is 3. The Hall–Kier alpha value is -3.79. The number of nitrogens with zero attached hydrogens (tertiary/aromatic N) is 2. The molecule has 7 rings (SSSR count). The van der Waals surface area contributed by atoms with Gasteiger partial charge in [-0.25, -0.2) is 0 Å². The van der Waals surface area contributed by atoms with Crippen LogP contribution in [-0.2, 0) is 37.7 Å². The van der Waals surface area contributed by atoms with E-state index in [4.69, 9.17) is 4.98 Å². The van der Waals surface area contributed by atoms with Crippen molar-refractivity contribution in [2.45, 2.75) is 122 Å². The van der Waals surface area contributed by atoms with Gasteiger partial charge in [-0.15, -0.1) is 17.5 Å². The number of aromatic nitrogens is 2. The third-order valence-electron chi connectivity index (χ3n) is 11.8. The Bertz CT molecular complexity index is 2520. The number of aliphatic hydroxyl groups excluding tert-OH is 1. The maximum Gasteiger partial charge on any atom is 0.162 e. The maximum absolute atomic E-state index is 11.9. The van der Waals surface area contributed by atoms with Crippen LogP contribution in [0, 0.1) is 35.2 Å². The Morgan fingerprint density at radius 1 is 0.800 bits per heavy atom. The maximum atomic E-state index is 11.9. The molecule has 0 saturated heterocycles. The average Bonchev–Trinajstić information content (AvgIpc) is 3.44. The van der Waals surface area contributed by atoms with E-state index < -0.39 is 0 Å². The van der Waals surface area contributed by atoms with Crippen molar-refractivity contribution in [2.75, 3.05) is 0 Å². The predicted molar refractivity (Wildman–Crippen MR) is 232 cm³/mol. The Kier molecular flexibility index (Phi) is 12.3. The molecule has 4 nitrogen and oxygen atoms in total. The van der Waals surface area contributed by atoms with Crippen molar-refractivity contribution in [1.29, 1.82) is 0 Å². The van der Waals surface area contributed by atoms with E-state index in [1.807, 2.05) is 40.8 Å². The number of benzene rings is 4. The molecule has 1 radical (unpaired) electrons. The fourth-order valence-corrected chi connectivity index (χ4v) is 8.39. The smallest absolute Gasteiger partial charge is 0.162 e. The Balaban J connectivity index is 0.000000292. The van der Waals surface area contributed by atoms with Crippen LogP contribution in [0.5, 0.6) is 0 Å². The second-order valence-corrected chi connectivity index (χ2v) is 18.4. The van der Waals surface area contributed by atoms with Crippen molar-refractivity contribution < 1.29 is 30.0 Å². The zero-order valence-electron chi connectivity index (χ0n) is 35.3. The number of aryl methyl sites for hydroxylation is 1. The molecule has 293 valence electrons. The van der Waals surface area contributed by atoms with Crippen LogP contribution in [0.1, 0.15) is 119 Å². The van der Waals surface area contributed by atoms with Crippen molar-refractivity contribution >= 4 is 65.6 Å². The molecule has 1 N–H and O–H groups in total. The van der Waals surface area contributed by atoms with Gasteiger partial charge in [0, 0.05) is 71.0 Å². The Morgan fingerprint density at radius 2 is 1.40 bits per heavy atom. The minimum atomic E-state index is -0.248. The number of carbonyl (C=O) groups is 1. The van der Waals surface area contributed by atoms with Crippen LogP contribution in [0.15, 0.2) is 72.6 Å². The van der Waals surface area contributed by atoms with Crippen molar-refractivity contribution in [2.24, 2.45) is 22.2 Å². The van der Waals surface area contributed by atoms with Gasteiger partial charge in [-0.05, 0) is 89.4 Å². The number of aliphatic hydroxyl groups is 1. The molecule has 7 aromatic rings. The first-order valence-electron chi connectivity index (χ1n) is 20.2. The fraction of sp³-hybridized carbons (Fsp3) is 0.440. The molecule has 3 heterocycles. The Labute approximate surface area is 342 Å². The van der Waals surface area contributed by atoms with Crippen molar-refractivity contribution in [3.05, 3.63) is 95.4 Å². The van der Waals surface area contributed by atoms with Crippen LogP contribution in [0.25, 0.3) is 59.8 Å². The van der Waals surface area contributed by atoms with Crippen LogP contribution in [0.3, 0.4) is 0 Å². The van der Waals surface area contributed by atoms with Crippen LogP contribution in [0.4, 0.5) is 0 Å². The molecular weight excluding hydrogens is 853 g/mol. The first kappa shape index (κ1) is 42.4. The van der Waals surface area contributed by atoms with Crippen molar-refractivity contribution in [1.82, 2.24) is 9.38 Å². The first-order valence-corrected chi connectivity index (χ1v) is 20.2. The second kappa shape index (κ2) is 16.0. The number of ketones is 1. The molecule has 0 aliphatic carbocycles. The van der Waals surface area contributed by atoms with Gasteiger partial charge in [-0.1, -0.05) is 135 Å². The molecule has 0 spiro atoms. The molecule has 0 aliphatic rings. The zero-order chi connectivity index (χ0) is 39.3. The summed E-state index contributed by atoms with van der Waals surface area (Å²) in [5, 5.41) is 18.7. The summed E-state index contributed by atoms with van der Waals surface area (Å²) >= 11 is 0. The monoisotopic (exact) mass is 914 g/mol. The van der Waals surface area contributed by atoms with Crippen LogP contribution >= 0.6 is 0 Å². The summed E-state index contributed by atoms with van der Waals surface area (Å²) in [5.41, 5.74) is 9.11. The van der Waals surface area contributed by atoms with Gasteiger partial charge >= 0.3 is 0 Å². The van der Waals surface area contributed by atoms with Gasteiger partial charge in [-0.2, -0.15) is 0 Å². The summed E-state index contributed by atoms with van der Waals surface area (Å²) in [7, 11) is 0. The molecule has 0 fully saturated rings. The summed E-state index contributed by atoms with van der Waals surface area (Å²) in [5.74, 6) is 0.366. The van der Waals surface area contributed by atoms with E-state index in [0.717, 1.165) is 49.4 Å². The number of pyridine rings is 2. The summed E-state index contributed by atoms with van der Waals surface area (Å²) < 4.78 is 2.51. The topological polar surface area (TPSA) is 54.6 Å². The number of hydrogen-bond donors (Lipinski definition) is 1. The Morgan fingerprint density at radius 3 is 2.00 bits per heavy atom. The molecule has 0 amide bonds. The molecule has 0 saturated carbocycles. The molecule has 55 heavy (non-hydrogen) atoms. The molecule has 0 unspecified atom stereocenters. The standard InChI is InChI=1S/C36H35N2.C14H26O2.Ir/c1-21-26-11-8-22(19-35(2,3)4)16-25(26)18-29-32-31-24(14-15-37-32)10-12-27-28-17-23(20-36(5,6)7)9-13-30(28)38(33(21)29)34(27)31;1-6-11(7-2)12(15)10-13(16)14(5,8-3)9-4;/h8-17H,19-20H2,1-7H3;10-11,16H,6-9H2,1-5H3;/q-1;;/b;13-10-;. The van der Waals surface area contributed by atoms with E-state index in [-0.39, 0.29) is 53.8 Å². The van der Waals surface area contributed by atoms with E-state index in [2.05, 4.69) is 114 Å². The quantitative estimate of drug-likeness (QED) is 0.0516. The molecular formula is C50H61IrN2O2-. The zero-order valence-corrected chi connectivity index (χ0v) is 37.6. The van der Waals surface area contributed by atoms with Crippen LogP contribution < -0.4 is 0 Å². The summed E-state index contributed by atoms with van der Waals surface area (Å²) in [4.78, 5) is 16.8. The molecule has 0 aliphatic heterocycles. The number of rotatable bonds is 9. The second-order valence-electron chi connectivity index (χ2n) is 18.4. The molecule has 5 heteroatoms. The average molecular weight is 914 g/mol. The van der Waals surface area contributed by atoms with Gasteiger partial charge in [-0.3, -0.25) is 9.78 Å². The van der Waals surface area contributed by atoms with Gasteiger partial charge in [0.2, 0.25) is 0 Å². The normalized spacial score (nSPS) is 13.1. The number of allylic oxidation sites excluding steroid dienone is 2. The number of carbonyl (C=O) groups excluding carboxylic acids is 1. The van der Waals surface area contributed by atoms with E-state index in [9.17, 15) is 9.90 Å². The van der Waals surface area contributed by atoms with Crippen molar-refractivity contribution in [3.8, 4) is 0 Å². The van der Waals surface area contributed by atoms with Gasteiger partial charge in [0.25, 0.3) is 0 Å². The summed E-state index contributed by atoms with van der Waals surface area (Å²) in [6.45, 7) is 26.2. The molecule has 4 aromatic carbocycles. The van der Waals surface area contributed by atoms with Crippen molar-refractivity contribution in [3.63, 3.8) is 0 Å². The third-order valence-corrected chi connectivity index (χ3v) is 11.8. The third kappa shape index (κ3) is 8.21. The predicted octanol–water partition coefficient (Wildman–Crippen LogP) is 14.1. The van der Waals surface area contributed by atoms with Gasteiger partial charge < -0.3 is 9.51 Å². The first-order chi connectivity index (χ1) is 25.4. The molecule has 3 aromatic heterocycles. The number of fused-ring (bicyclic) bond motifs is 7. The van der Waals surface area contributed by atoms with E-state index in [0.29, 0.717) is 0 Å². The van der Waals surface area contributed by atoms with Gasteiger partial charge in [0.1, 0.15) is 5.76 Å². The van der Waals surface area contributed by atoms with E-state index >= 15 is 0 Å². The van der Waals surface area contributed by atoms with Gasteiger partial charge in [0.15, 0.2) is 5.78 Å². The van der Waals surface area contributed by atoms with Gasteiger partial charge in [0.05, 0.1) is 0 Å². The molecule has 0 bridgehead atoms. The molecule has 0 atom stereocenters. The van der Waals surface area contributed by atoms with Crippen LogP contribution in [0.2, 0.25) is 0 Å². The fourth-order valence-electron chi connectivity index (χ4n) is 8.39. The largest absolute Gasteiger partial charge is 0.512 e.